The molecule has 3 amide bonds. The molecular formula is C34H45BrN5O6+. The van der Waals surface area contributed by atoms with E-state index in [1.54, 1.807) is 18.2 Å². The van der Waals surface area contributed by atoms with E-state index in [4.69, 9.17) is 0 Å². The third-order valence-electron chi connectivity index (χ3n) is 11.1. The van der Waals surface area contributed by atoms with Crippen LogP contribution in [-0.2, 0) is 17.8 Å². The molecule has 2 unspecified atom stereocenters. The molecule has 4 aliphatic heterocycles. The molecule has 3 saturated heterocycles. The number of phenolic OH excluding ortho intramolecular Hbond substituents is 1. The van der Waals surface area contributed by atoms with Crippen molar-refractivity contribution >= 4 is 40.0 Å². The fourth-order valence-corrected chi connectivity index (χ4v) is 9.01. The smallest absolute Gasteiger partial charge is 0.507 e. The Morgan fingerprint density at radius 2 is 1.76 bits per heavy atom. The Kier molecular flexibility index (Phi) is 9.73. The predicted molar refractivity (Wildman–Crippen MR) is 176 cm³/mol. The summed E-state index contributed by atoms with van der Waals surface area (Å²) in [4.78, 5) is 46.6. The van der Waals surface area contributed by atoms with Crippen molar-refractivity contribution in [3.8, 4) is 5.75 Å². The van der Waals surface area contributed by atoms with Crippen LogP contribution >= 0.6 is 15.9 Å². The minimum Gasteiger partial charge on any atom is -0.507 e. The van der Waals surface area contributed by atoms with E-state index in [0.717, 1.165) is 61.9 Å². The van der Waals surface area contributed by atoms with Crippen molar-refractivity contribution in [3.63, 3.8) is 0 Å². The van der Waals surface area contributed by atoms with Gasteiger partial charge in [0.1, 0.15) is 18.6 Å². The second-order valence-electron chi connectivity index (χ2n) is 13.4. The Balaban J connectivity index is 1.35. The number of phenols is 1. The molecule has 46 heavy (non-hydrogen) atoms. The average molecular weight is 700 g/mol. The van der Waals surface area contributed by atoms with Crippen LogP contribution in [0.25, 0.3) is 0 Å². The Labute approximate surface area is 278 Å². The van der Waals surface area contributed by atoms with Gasteiger partial charge in [-0.2, -0.15) is 4.79 Å². The highest BCUT2D eigenvalue weighted by molar-refractivity contribution is 9.10. The largest absolute Gasteiger partial charge is 0.515 e. The van der Waals surface area contributed by atoms with E-state index >= 15 is 0 Å². The Morgan fingerprint density at radius 3 is 2.46 bits per heavy atom. The van der Waals surface area contributed by atoms with Crippen LogP contribution in [0.2, 0.25) is 0 Å². The van der Waals surface area contributed by atoms with E-state index in [1.807, 2.05) is 29.2 Å². The highest BCUT2D eigenvalue weighted by Gasteiger charge is 2.64. The number of carbonyl (C=O) groups is 3. The number of likely N-dealkylation sites (tertiary alicyclic amines) is 3. The number of nitrogens with zero attached hydrogens (tertiary/aromatic N) is 4. The second kappa shape index (κ2) is 13.6. The van der Waals surface area contributed by atoms with Crippen molar-refractivity contribution in [1.82, 2.24) is 14.7 Å². The van der Waals surface area contributed by atoms with Crippen LogP contribution < -0.4 is 5.32 Å². The van der Waals surface area contributed by atoms with E-state index in [1.165, 1.54) is 0 Å². The minimum atomic E-state index is -1.09. The molecule has 3 fully saturated rings. The van der Waals surface area contributed by atoms with Gasteiger partial charge in [-0.05, 0) is 77.9 Å². The lowest BCUT2D eigenvalue weighted by Gasteiger charge is -2.59. The fourth-order valence-electron chi connectivity index (χ4n) is 8.58. The topological polar surface area (TPSA) is 134 Å². The number of nitrogens with one attached hydrogen (secondary N) is 1. The Hall–Kier alpha value is -3.03. The highest BCUT2D eigenvalue weighted by Crippen LogP contribution is 2.46. The van der Waals surface area contributed by atoms with Gasteiger partial charge in [-0.25, -0.2) is 9.28 Å². The number of aldehydes is 1. The molecule has 0 bridgehead atoms. The summed E-state index contributed by atoms with van der Waals surface area (Å²) in [6, 6.07) is 12.7. The quantitative estimate of drug-likeness (QED) is 0.244. The molecule has 0 radical (unpaired) electrons. The van der Waals surface area contributed by atoms with Crippen LogP contribution in [-0.4, -0.2) is 116 Å². The van der Waals surface area contributed by atoms with Gasteiger partial charge in [0.05, 0.1) is 23.5 Å². The number of aliphatic hydroxyl groups excluding tert-OH is 1. The van der Waals surface area contributed by atoms with Crippen LogP contribution in [0.5, 0.6) is 5.75 Å². The molecule has 4 heterocycles. The monoisotopic (exact) mass is 698 g/mol. The predicted octanol–water partition coefficient (Wildman–Crippen LogP) is 4.61. The number of urea groups is 1. The maximum absolute atomic E-state index is 13.7. The van der Waals surface area contributed by atoms with Crippen LogP contribution in [0.1, 0.15) is 56.1 Å². The average Bonchev–Trinajstić information content (AvgIpc) is 3.22. The second-order valence-corrected chi connectivity index (χ2v) is 14.3. The number of benzene rings is 2. The van der Waals surface area contributed by atoms with Crippen LogP contribution in [0.3, 0.4) is 0 Å². The van der Waals surface area contributed by atoms with Crippen LogP contribution in [0, 0.1) is 0 Å². The lowest BCUT2D eigenvalue weighted by molar-refractivity contribution is -0.942. The third-order valence-corrected chi connectivity index (χ3v) is 11.7. The maximum atomic E-state index is 13.7. The van der Waals surface area contributed by atoms with Gasteiger partial charge < -0.3 is 35.2 Å². The van der Waals surface area contributed by atoms with Crippen LogP contribution in [0.4, 0.5) is 15.3 Å². The number of hydrogen-bond donors (Lipinski definition) is 4. The van der Waals surface area contributed by atoms with Crippen molar-refractivity contribution in [2.75, 3.05) is 44.6 Å². The first-order valence-electron chi connectivity index (χ1n) is 16.5. The van der Waals surface area contributed by atoms with Gasteiger partial charge in [0, 0.05) is 68.9 Å². The summed E-state index contributed by atoms with van der Waals surface area (Å²) in [5.41, 5.74) is 1.51. The highest BCUT2D eigenvalue weighted by atomic mass is 79.9. The van der Waals surface area contributed by atoms with Gasteiger partial charge in [0.15, 0.2) is 5.66 Å². The zero-order valence-corrected chi connectivity index (χ0v) is 27.8. The van der Waals surface area contributed by atoms with Gasteiger partial charge in [-0.1, -0.05) is 18.2 Å². The summed E-state index contributed by atoms with van der Waals surface area (Å²) >= 11 is 3.40. The van der Waals surface area contributed by atoms with Gasteiger partial charge >= 0.3 is 12.1 Å². The molecule has 2 aromatic carbocycles. The molecule has 6 rings (SSSR count). The number of aliphatic hydroxyl groups is 1. The molecule has 0 aromatic heterocycles. The molecule has 2 aromatic rings. The lowest BCUT2D eigenvalue weighted by Crippen LogP contribution is -2.78. The maximum Gasteiger partial charge on any atom is 0.515 e. The molecule has 11 nitrogen and oxygen atoms in total. The number of quaternary nitrogens is 1. The number of aromatic hydroxyl groups is 1. The number of anilines is 1. The number of carbonyl (C=O) groups excluding carboxylic acids is 2. The molecular weight excluding hydrogens is 654 g/mol. The third kappa shape index (κ3) is 6.17. The summed E-state index contributed by atoms with van der Waals surface area (Å²) < 4.78 is 0.132. The fraction of sp³-hybridized carbons (Fsp3) is 0.559. The molecule has 12 heteroatoms. The molecule has 4 N–H and O–H groups in total. The summed E-state index contributed by atoms with van der Waals surface area (Å²) in [6.45, 7) is 3.85. The SMILES string of the molecule is O=CCC1(N2CCC(N3CCC(O)CC3)CC2)CC(N2CCc3ccccc3NC2=O)CC[N@+]1(Cc1ccc(O)c(Br)c1)C(=O)O. The van der Waals surface area contributed by atoms with E-state index in [2.05, 4.69) is 31.0 Å². The van der Waals surface area contributed by atoms with Crippen molar-refractivity contribution < 1.29 is 34.2 Å². The summed E-state index contributed by atoms with van der Waals surface area (Å²) in [7, 11) is 0. The normalized spacial score (nSPS) is 28.7. The number of fused-ring (bicyclic) bond motifs is 1. The van der Waals surface area contributed by atoms with Gasteiger partial charge in [0.2, 0.25) is 0 Å². The summed E-state index contributed by atoms with van der Waals surface area (Å²) in [5.74, 6) is 0.0731. The molecule has 0 spiro atoms. The Bertz CT molecular complexity index is 1440. The van der Waals surface area contributed by atoms with E-state index in [-0.39, 0.29) is 47.9 Å². The molecule has 3 atom stereocenters. The number of rotatable bonds is 7. The minimum absolute atomic E-state index is 0.0192. The zero-order valence-electron chi connectivity index (χ0n) is 26.2. The number of para-hydroxylation sites is 1. The van der Waals surface area contributed by atoms with Crippen molar-refractivity contribution in [2.24, 2.45) is 0 Å². The van der Waals surface area contributed by atoms with Gasteiger partial charge in [0.25, 0.3) is 0 Å². The molecule has 4 aliphatic rings. The number of piperidine rings is 3. The lowest BCUT2D eigenvalue weighted by atomic mass is 9.81. The zero-order chi connectivity index (χ0) is 32.5. The van der Waals surface area contributed by atoms with Crippen molar-refractivity contribution in [1.29, 1.82) is 0 Å². The van der Waals surface area contributed by atoms with Crippen molar-refractivity contribution in [2.45, 2.75) is 81.8 Å². The number of carboxylic acid groups (broad SMARTS) is 1. The standard InChI is InChI=1S/C34H44BrN5O6/c35-29-21-24(5-6-31(29)43)23-40(33(45)46)19-12-27(39-18-7-25-3-1-2-4-30(25)36-32(39)44)22-34(40,13-20-41)38-16-8-26(9-17-38)37-14-10-28(42)11-15-37/h1-6,20-21,26-28,42H,7-19,22-23H2,(H2-,36,43,44,45,46)/p+1/t27?,34?,40-/m0/s1. The Morgan fingerprint density at radius 1 is 1.02 bits per heavy atom. The molecule has 0 aliphatic carbocycles. The van der Waals surface area contributed by atoms with E-state index < -0.39 is 11.8 Å². The number of amides is 3. The number of halogens is 1. The number of hydrogen-bond acceptors (Lipinski definition) is 7. The van der Waals surface area contributed by atoms with Gasteiger partial charge in [-0.3, -0.25) is 4.90 Å². The molecule has 248 valence electrons. The first kappa shape index (κ1) is 32.9. The van der Waals surface area contributed by atoms with E-state index in [0.29, 0.717) is 49.4 Å². The first-order valence-corrected chi connectivity index (χ1v) is 17.3. The summed E-state index contributed by atoms with van der Waals surface area (Å²) in [5, 5.41) is 34.5. The first-order chi connectivity index (χ1) is 22.2. The molecule has 0 saturated carbocycles. The van der Waals surface area contributed by atoms with Crippen molar-refractivity contribution in [3.05, 3.63) is 58.1 Å². The van der Waals surface area contributed by atoms with E-state index in [9.17, 15) is 29.7 Å². The van der Waals surface area contributed by atoms with Crippen LogP contribution in [0.15, 0.2) is 46.9 Å². The summed E-state index contributed by atoms with van der Waals surface area (Å²) in [6.07, 6.45) is 4.35. The van der Waals surface area contributed by atoms with Gasteiger partial charge in [-0.15, -0.1) is 0 Å².